The van der Waals surface area contributed by atoms with E-state index < -0.39 is 5.54 Å². The van der Waals surface area contributed by atoms with Gasteiger partial charge in [-0.1, -0.05) is 25.0 Å². The Morgan fingerprint density at radius 2 is 1.79 bits per heavy atom. The van der Waals surface area contributed by atoms with Gasteiger partial charge in [-0.05, 0) is 61.6 Å². The molecule has 1 fully saturated rings. The van der Waals surface area contributed by atoms with Crippen LogP contribution in [-0.4, -0.2) is 28.7 Å². The van der Waals surface area contributed by atoms with E-state index in [1.54, 1.807) is 34.9 Å². The van der Waals surface area contributed by atoms with E-state index in [0.717, 1.165) is 43.5 Å². The van der Waals surface area contributed by atoms with Crippen LogP contribution in [0.15, 0.2) is 47.3 Å². The summed E-state index contributed by atoms with van der Waals surface area (Å²) in [7, 11) is 0. The Morgan fingerprint density at radius 1 is 1.03 bits per heavy atom. The zero-order valence-electron chi connectivity index (χ0n) is 18.6. The largest absolute Gasteiger partial charge is 0.381 e. The van der Waals surface area contributed by atoms with Gasteiger partial charge in [0.2, 0.25) is 0 Å². The molecule has 6 nitrogen and oxygen atoms in total. The number of benzene rings is 2. The van der Waals surface area contributed by atoms with Crippen LogP contribution in [0.25, 0.3) is 10.9 Å². The maximum Gasteiger partial charge on any atom is 0.261 e. The number of hydrogen-bond donors (Lipinski definition) is 1. The first-order valence-corrected chi connectivity index (χ1v) is 11.8. The number of amides is 1. The summed E-state index contributed by atoms with van der Waals surface area (Å²) in [5.41, 5.74) is 1.22. The Balaban J connectivity index is 1.49. The number of carbonyl (C=O) groups excluding carboxylic acids is 1. The molecule has 2 aliphatic rings. The van der Waals surface area contributed by atoms with Gasteiger partial charge in [0.1, 0.15) is 11.6 Å². The molecular formula is C26H28FN3O3. The summed E-state index contributed by atoms with van der Waals surface area (Å²) < 4.78 is 20.8. The molecule has 3 aromatic rings. The molecule has 33 heavy (non-hydrogen) atoms. The number of nitrogens with zero attached hydrogens (tertiary/aromatic N) is 2. The number of aryl methyl sites for hydroxylation is 1. The van der Waals surface area contributed by atoms with Crippen LogP contribution in [0.5, 0.6) is 0 Å². The van der Waals surface area contributed by atoms with Crippen LogP contribution in [0.1, 0.15) is 60.3 Å². The predicted octanol–water partition coefficient (Wildman–Crippen LogP) is 4.09. The summed E-state index contributed by atoms with van der Waals surface area (Å²) in [6, 6.07) is 11.4. The smallest absolute Gasteiger partial charge is 0.261 e. The van der Waals surface area contributed by atoms with Crippen molar-refractivity contribution in [2.45, 2.75) is 57.0 Å². The SMILES string of the molecule is O=C(NC1(c2ccc(F)cc2)CCOCC1)c1ccc2c(=O)n3c(nc2c1)CCCCCC3. The van der Waals surface area contributed by atoms with Crippen LogP contribution in [0.2, 0.25) is 0 Å². The van der Waals surface area contributed by atoms with Gasteiger partial charge in [0.25, 0.3) is 11.5 Å². The van der Waals surface area contributed by atoms with E-state index in [-0.39, 0.29) is 17.3 Å². The van der Waals surface area contributed by atoms with Crippen molar-refractivity contribution >= 4 is 16.8 Å². The van der Waals surface area contributed by atoms with Gasteiger partial charge in [-0.25, -0.2) is 9.37 Å². The van der Waals surface area contributed by atoms with E-state index in [4.69, 9.17) is 9.72 Å². The number of rotatable bonds is 3. The third kappa shape index (κ3) is 4.29. The van der Waals surface area contributed by atoms with Crippen molar-refractivity contribution in [1.82, 2.24) is 14.9 Å². The highest BCUT2D eigenvalue weighted by Gasteiger charge is 2.36. The fraction of sp³-hybridized carbons (Fsp3) is 0.423. The quantitative estimate of drug-likeness (QED) is 0.654. The van der Waals surface area contributed by atoms with Crippen LogP contribution >= 0.6 is 0 Å². The Labute approximate surface area is 191 Å². The van der Waals surface area contributed by atoms with Crippen molar-refractivity contribution in [3.63, 3.8) is 0 Å². The van der Waals surface area contributed by atoms with E-state index in [2.05, 4.69) is 5.32 Å². The molecule has 0 atom stereocenters. The standard InChI is InChI=1S/C26H28FN3O3/c27-20-9-7-19(8-10-20)26(12-15-33-16-13-26)29-24(31)18-6-11-21-22(17-18)28-23-5-3-1-2-4-14-30(23)25(21)32/h6-11,17H,1-5,12-16H2,(H,29,31). The highest BCUT2D eigenvalue weighted by Crippen LogP contribution is 2.33. The summed E-state index contributed by atoms with van der Waals surface area (Å²) in [6.45, 7) is 1.72. The van der Waals surface area contributed by atoms with Crippen LogP contribution in [0.3, 0.4) is 0 Å². The van der Waals surface area contributed by atoms with Gasteiger partial charge in [-0.3, -0.25) is 14.2 Å². The van der Waals surface area contributed by atoms with Crippen molar-refractivity contribution in [2.24, 2.45) is 0 Å². The van der Waals surface area contributed by atoms with Crippen molar-refractivity contribution < 1.29 is 13.9 Å². The first kappa shape index (κ1) is 21.8. The molecule has 0 radical (unpaired) electrons. The summed E-state index contributed by atoms with van der Waals surface area (Å²) in [5, 5.41) is 3.73. The maximum absolute atomic E-state index is 13.5. The number of fused-ring (bicyclic) bond motifs is 2. The fourth-order valence-electron chi connectivity index (χ4n) is 5.00. The summed E-state index contributed by atoms with van der Waals surface area (Å²) in [4.78, 5) is 31.2. The molecular weight excluding hydrogens is 421 g/mol. The topological polar surface area (TPSA) is 73.2 Å². The first-order valence-electron chi connectivity index (χ1n) is 11.8. The summed E-state index contributed by atoms with van der Waals surface area (Å²) in [6.07, 6.45) is 6.25. The van der Waals surface area contributed by atoms with E-state index in [9.17, 15) is 14.0 Å². The molecule has 172 valence electrons. The lowest BCUT2D eigenvalue weighted by Crippen LogP contribution is -2.49. The Kier molecular flexibility index (Phi) is 5.98. The highest BCUT2D eigenvalue weighted by atomic mass is 19.1. The van der Waals surface area contributed by atoms with Crippen LogP contribution in [-0.2, 0) is 23.2 Å². The van der Waals surface area contributed by atoms with Crippen LogP contribution in [0, 0.1) is 5.82 Å². The van der Waals surface area contributed by atoms with Crippen molar-refractivity contribution in [3.8, 4) is 0 Å². The van der Waals surface area contributed by atoms with E-state index in [0.29, 0.717) is 49.1 Å². The van der Waals surface area contributed by atoms with E-state index in [1.165, 1.54) is 12.1 Å². The zero-order valence-corrected chi connectivity index (χ0v) is 18.6. The average molecular weight is 450 g/mol. The molecule has 0 spiro atoms. The first-order chi connectivity index (χ1) is 16.1. The minimum Gasteiger partial charge on any atom is -0.381 e. The van der Waals surface area contributed by atoms with E-state index >= 15 is 0 Å². The second-order valence-electron chi connectivity index (χ2n) is 9.04. The van der Waals surface area contributed by atoms with E-state index in [1.807, 2.05) is 0 Å². The third-order valence-electron chi connectivity index (χ3n) is 6.92. The van der Waals surface area contributed by atoms with Crippen LogP contribution < -0.4 is 10.9 Å². The van der Waals surface area contributed by atoms with Gasteiger partial charge >= 0.3 is 0 Å². The maximum atomic E-state index is 13.5. The molecule has 0 bridgehead atoms. The minimum atomic E-state index is -0.628. The van der Waals surface area contributed by atoms with Gasteiger partial charge in [0, 0.05) is 31.7 Å². The lowest BCUT2D eigenvalue weighted by Gasteiger charge is -2.38. The van der Waals surface area contributed by atoms with Gasteiger partial charge in [-0.2, -0.15) is 0 Å². The molecule has 0 unspecified atom stereocenters. The molecule has 1 aromatic heterocycles. The van der Waals surface area contributed by atoms with Crippen molar-refractivity contribution in [1.29, 1.82) is 0 Å². The number of halogens is 1. The van der Waals surface area contributed by atoms with Gasteiger partial charge < -0.3 is 10.1 Å². The Hall–Kier alpha value is -3.06. The molecule has 1 amide bonds. The third-order valence-corrected chi connectivity index (χ3v) is 6.92. The summed E-state index contributed by atoms with van der Waals surface area (Å²) >= 11 is 0. The zero-order chi connectivity index (χ0) is 22.8. The number of hydrogen-bond acceptors (Lipinski definition) is 4. The van der Waals surface area contributed by atoms with Crippen molar-refractivity contribution in [2.75, 3.05) is 13.2 Å². The second-order valence-corrected chi connectivity index (χ2v) is 9.04. The molecule has 0 aliphatic carbocycles. The number of aromatic nitrogens is 2. The Morgan fingerprint density at radius 3 is 2.58 bits per heavy atom. The van der Waals surface area contributed by atoms with Crippen LogP contribution in [0.4, 0.5) is 4.39 Å². The molecule has 2 aliphatic heterocycles. The number of ether oxygens (including phenoxy) is 1. The summed E-state index contributed by atoms with van der Waals surface area (Å²) in [5.74, 6) is 0.253. The number of nitrogens with one attached hydrogen (secondary N) is 1. The Bertz CT molecular complexity index is 1230. The predicted molar refractivity (Wildman–Crippen MR) is 124 cm³/mol. The number of carbonyl (C=O) groups is 1. The molecule has 3 heterocycles. The van der Waals surface area contributed by atoms with Gasteiger partial charge in [0.05, 0.1) is 16.4 Å². The van der Waals surface area contributed by atoms with Crippen molar-refractivity contribution in [3.05, 3.63) is 75.6 Å². The second kappa shape index (κ2) is 9.06. The minimum absolute atomic E-state index is 0.0314. The molecule has 5 rings (SSSR count). The molecule has 1 N–H and O–H groups in total. The fourth-order valence-corrected chi connectivity index (χ4v) is 5.00. The normalized spacial score (nSPS) is 18.2. The monoisotopic (exact) mass is 449 g/mol. The van der Waals surface area contributed by atoms with Gasteiger partial charge in [0.15, 0.2) is 0 Å². The van der Waals surface area contributed by atoms with Gasteiger partial charge in [-0.15, -0.1) is 0 Å². The molecule has 0 saturated carbocycles. The lowest BCUT2D eigenvalue weighted by atomic mass is 9.82. The lowest BCUT2D eigenvalue weighted by molar-refractivity contribution is 0.0345. The highest BCUT2D eigenvalue weighted by molar-refractivity contribution is 5.98. The molecule has 7 heteroatoms. The molecule has 2 aromatic carbocycles. The molecule has 1 saturated heterocycles. The average Bonchev–Trinajstić information content (AvgIpc) is 2.81.